The van der Waals surface area contributed by atoms with Gasteiger partial charge < -0.3 is 4.98 Å². The second kappa shape index (κ2) is 4.34. The Balaban J connectivity index is 2.06. The Morgan fingerprint density at radius 3 is 3.06 bits per heavy atom. The Morgan fingerprint density at radius 1 is 1.35 bits per heavy atom. The van der Waals surface area contributed by atoms with Crippen molar-refractivity contribution >= 4 is 22.2 Å². The zero-order valence-electron chi connectivity index (χ0n) is 9.39. The highest BCUT2D eigenvalue weighted by Gasteiger charge is 2.14. The minimum absolute atomic E-state index is 0.314. The quantitative estimate of drug-likeness (QED) is 0.738. The summed E-state index contributed by atoms with van der Waals surface area (Å²) in [6.45, 7) is 4.04. The molecule has 3 rings (SSSR count). The minimum Gasteiger partial charge on any atom is -0.361 e. The molecule has 0 spiro atoms. The molecule has 2 aromatic heterocycles. The lowest BCUT2D eigenvalue weighted by Crippen LogP contribution is -1.98. The summed E-state index contributed by atoms with van der Waals surface area (Å²) in [6.07, 6.45) is 4.66. The smallest absolute Gasteiger partial charge is 0.0999 e. The number of hydrogen-bond acceptors (Lipinski definition) is 2. The number of nitrogens with one attached hydrogen (secondary N) is 1. The van der Waals surface area contributed by atoms with Crippen LogP contribution in [-0.2, 0) is 0 Å². The van der Waals surface area contributed by atoms with E-state index in [1.165, 1.54) is 16.5 Å². The molecule has 85 valence electrons. The van der Waals surface area contributed by atoms with Crippen LogP contribution in [0.25, 0.3) is 10.9 Å². The molecule has 0 bridgehead atoms. The van der Waals surface area contributed by atoms with Crippen molar-refractivity contribution in [1.82, 2.24) is 9.97 Å². The molecule has 2 nitrogen and oxygen atoms in total. The maximum absolute atomic E-state index is 4.40. The van der Waals surface area contributed by atoms with E-state index in [2.05, 4.69) is 41.2 Å². The first-order chi connectivity index (χ1) is 8.38. The molecule has 17 heavy (non-hydrogen) atoms. The molecule has 0 fully saturated rings. The van der Waals surface area contributed by atoms with Crippen molar-refractivity contribution in [3.63, 3.8) is 0 Å². The molecule has 0 saturated carbocycles. The SMILES string of the molecule is [CH2]CC(c1ccc2[nH]ccc2c1)c1nccs1. The summed E-state index contributed by atoms with van der Waals surface area (Å²) in [5.41, 5.74) is 2.47. The van der Waals surface area contributed by atoms with Gasteiger partial charge in [-0.2, -0.15) is 0 Å². The zero-order valence-corrected chi connectivity index (χ0v) is 10.2. The van der Waals surface area contributed by atoms with Gasteiger partial charge in [0.15, 0.2) is 0 Å². The minimum atomic E-state index is 0.314. The lowest BCUT2D eigenvalue weighted by Gasteiger charge is -2.12. The van der Waals surface area contributed by atoms with Crippen molar-refractivity contribution in [2.75, 3.05) is 0 Å². The van der Waals surface area contributed by atoms with E-state index >= 15 is 0 Å². The topological polar surface area (TPSA) is 28.7 Å². The predicted molar refractivity (Wildman–Crippen MR) is 72.2 cm³/mol. The fourth-order valence-corrected chi connectivity index (χ4v) is 2.93. The molecule has 0 saturated heterocycles. The van der Waals surface area contributed by atoms with Crippen molar-refractivity contribution in [3.05, 3.63) is 59.5 Å². The average Bonchev–Trinajstić information content (AvgIpc) is 2.99. The number of benzene rings is 1. The highest BCUT2D eigenvalue weighted by atomic mass is 32.1. The summed E-state index contributed by atoms with van der Waals surface area (Å²) in [4.78, 5) is 7.61. The lowest BCUT2D eigenvalue weighted by molar-refractivity contribution is 0.818. The van der Waals surface area contributed by atoms with Gasteiger partial charge in [0.1, 0.15) is 0 Å². The third-order valence-corrected chi connectivity index (χ3v) is 3.91. The standard InChI is InChI=1S/C14H13N2S/c1-2-12(14-16-7-8-17-14)10-3-4-13-11(9-10)5-6-15-13/h3-9,12,15H,1-2H2. The summed E-state index contributed by atoms with van der Waals surface area (Å²) in [7, 11) is 0. The molecule has 3 heteroatoms. The zero-order chi connectivity index (χ0) is 11.7. The van der Waals surface area contributed by atoms with E-state index in [0.29, 0.717) is 5.92 Å². The molecule has 3 aromatic rings. The number of fused-ring (bicyclic) bond motifs is 1. The van der Waals surface area contributed by atoms with Gasteiger partial charge in [0.2, 0.25) is 0 Å². The van der Waals surface area contributed by atoms with Gasteiger partial charge in [0.05, 0.1) is 5.01 Å². The van der Waals surface area contributed by atoms with Crippen molar-refractivity contribution < 1.29 is 0 Å². The molecule has 0 aliphatic carbocycles. The number of H-pyrrole nitrogens is 1. The van der Waals surface area contributed by atoms with Crippen LogP contribution in [0.5, 0.6) is 0 Å². The number of hydrogen-bond donors (Lipinski definition) is 1. The van der Waals surface area contributed by atoms with E-state index in [0.717, 1.165) is 11.4 Å². The van der Waals surface area contributed by atoms with E-state index < -0.39 is 0 Å². The number of thiazole rings is 1. The first-order valence-corrected chi connectivity index (χ1v) is 6.52. The third-order valence-electron chi connectivity index (χ3n) is 3.02. The molecule has 1 N–H and O–H groups in total. The summed E-state index contributed by atoms with van der Waals surface area (Å²) < 4.78 is 0. The molecule has 1 radical (unpaired) electrons. The first kappa shape index (κ1) is 10.5. The molecular formula is C14H13N2S. The van der Waals surface area contributed by atoms with E-state index in [-0.39, 0.29) is 0 Å². The Hall–Kier alpha value is -1.61. The van der Waals surface area contributed by atoms with E-state index in [4.69, 9.17) is 0 Å². The number of rotatable bonds is 3. The summed E-state index contributed by atoms with van der Waals surface area (Å²) in [5, 5.41) is 4.42. The van der Waals surface area contributed by atoms with Gasteiger partial charge in [-0.1, -0.05) is 13.0 Å². The molecule has 1 atom stereocenters. The van der Waals surface area contributed by atoms with E-state index in [1.54, 1.807) is 11.3 Å². The van der Waals surface area contributed by atoms with Gasteiger partial charge in [0.25, 0.3) is 0 Å². The van der Waals surface area contributed by atoms with Crippen LogP contribution in [0.4, 0.5) is 0 Å². The van der Waals surface area contributed by atoms with Crippen LogP contribution in [0.15, 0.2) is 42.0 Å². The fourth-order valence-electron chi connectivity index (χ4n) is 2.13. The molecule has 1 aromatic carbocycles. The third kappa shape index (κ3) is 1.87. The first-order valence-electron chi connectivity index (χ1n) is 5.64. The van der Waals surface area contributed by atoms with Gasteiger partial charge in [-0.15, -0.1) is 11.3 Å². The van der Waals surface area contributed by atoms with Crippen molar-refractivity contribution in [1.29, 1.82) is 0 Å². The number of nitrogens with zero attached hydrogens (tertiary/aromatic N) is 1. The van der Waals surface area contributed by atoms with E-state index in [1.807, 2.05) is 17.8 Å². The second-order valence-corrected chi connectivity index (χ2v) is 4.96. The Morgan fingerprint density at radius 2 is 2.29 bits per heavy atom. The molecule has 1 unspecified atom stereocenters. The van der Waals surface area contributed by atoms with Gasteiger partial charge in [-0.05, 0) is 35.6 Å². The van der Waals surface area contributed by atoms with E-state index in [9.17, 15) is 0 Å². The monoisotopic (exact) mass is 241 g/mol. The van der Waals surface area contributed by atoms with Crippen LogP contribution in [0.2, 0.25) is 0 Å². The van der Waals surface area contributed by atoms with Crippen molar-refractivity contribution in [2.24, 2.45) is 0 Å². The highest BCUT2D eigenvalue weighted by Crippen LogP contribution is 2.30. The van der Waals surface area contributed by atoms with Gasteiger partial charge >= 0.3 is 0 Å². The molecule has 0 aliphatic rings. The maximum atomic E-state index is 4.40. The number of aromatic amines is 1. The maximum Gasteiger partial charge on any atom is 0.0999 e. The van der Waals surface area contributed by atoms with Crippen LogP contribution in [0.1, 0.15) is 22.9 Å². The largest absolute Gasteiger partial charge is 0.361 e. The Bertz CT molecular complexity index is 610. The second-order valence-electron chi connectivity index (χ2n) is 4.04. The average molecular weight is 241 g/mol. The van der Waals surface area contributed by atoms with Crippen LogP contribution in [0.3, 0.4) is 0 Å². The van der Waals surface area contributed by atoms with Crippen molar-refractivity contribution in [2.45, 2.75) is 12.3 Å². The Labute approximate surface area is 104 Å². The van der Waals surface area contributed by atoms with Crippen LogP contribution in [0, 0.1) is 6.92 Å². The van der Waals surface area contributed by atoms with Crippen molar-refractivity contribution in [3.8, 4) is 0 Å². The summed E-state index contributed by atoms with van der Waals surface area (Å²) in [5.74, 6) is 0.314. The number of aromatic nitrogens is 2. The molecular weight excluding hydrogens is 228 g/mol. The Kier molecular flexibility index (Phi) is 2.69. The van der Waals surface area contributed by atoms with Gasteiger partial charge in [-0.3, -0.25) is 0 Å². The van der Waals surface area contributed by atoms with Gasteiger partial charge in [0, 0.05) is 29.2 Å². The fraction of sp³-hybridized carbons (Fsp3) is 0.143. The molecule has 2 heterocycles. The van der Waals surface area contributed by atoms with Crippen LogP contribution >= 0.6 is 11.3 Å². The summed E-state index contributed by atoms with van der Waals surface area (Å²) >= 11 is 1.70. The van der Waals surface area contributed by atoms with Gasteiger partial charge in [-0.25, -0.2) is 4.98 Å². The lowest BCUT2D eigenvalue weighted by atomic mass is 9.96. The normalized spacial score (nSPS) is 13.0. The van der Waals surface area contributed by atoms with Crippen LogP contribution < -0.4 is 0 Å². The molecule has 0 aliphatic heterocycles. The predicted octanol–water partition coefficient (Wildman–Crippen LogP) is 3.98. The van der Waals surface area contributed by atoms with Crippen LogP contribution in [-0.4, -0.2) is 9.97 Å². The molecule has 0 amide bonds. The summed E-state index contributed by atoms with van der Waals surface area (Å²) in [6, 6.07) is 8.61. The highest BCUT2D eigenvalue weighted by molar-refractivity contribution is 7.09.